The summed E-state index contributed by atoms with van der Waals surface area (Å²) in [6.45, 7) is 6.17. The molecule has 110 valence electrons. The largest absolute Gasteiger partial charge is 0.317 e. The zero-order valence-electron chi connectivity index (χ0n) is 12.9. The second-order valence-corrected chi connectivity index (χ2v) is 6.71. The topological polar surface area (TPSA) is 15.3 Å². The molecular weight excluding hydrogens is 244 g/mol. The van der Waals surface area contributed by atoms with E-state index in [9.17, 15) is 0 Å². The van der Waals surface area contributed by atoms with Crippen LogP contribution in [0.1, 0.15) is 43.2 Å². The van der Waals surface area contributed by atoms with E-state index in [0.717, 1.165) is 11.8 Å². The maximum absolute atomic E-state index is 3.47. The van der Waals surface area contributed by atoms with E-state index in [2.05, 4.69) is 48.5 Å². The molecule has 1 N–H and O–H groups in total. The molecule has 3 unspecified atom stereocenters. The smallest absolute Gasteiger partial charge is 0.0114 e. The summed E-state index contributed by atoms with van der Waals surface area (Å²) < 4.78 is 0. The van der Waals surface area contributed by atoms with Gasteiger partial charge in [0.25, 0.3) is 0 Å². The van der Waals surface area contributed by atoms with Crippen LogP contribution in [0.2, 0.25) is 0 Å². The Labute approximate surface area is 123 Å². The van der Waals surface area contributed by atoms with Crippen molar-refractivity contribution in [2.24, 2.45) is 5.92 Å². The van der Waals surface area contributed by atoms with E-state index in [4.69, 9.17) is 0 Å². The van der Waals surface area contributed by atoms with Crippen molar-refractivity contribution in [1.29, 1.82) is 0 Å². The second-order valence-electron chi connectivity index (χ2n) is 6.71. The van der Waals surface area contributed by atoms with Gasteiger partial charge in [0.15, 0.2) is 0 Å². The Morgan fingerprint density at radius 1 is 1.25 bits per heavy atom. The molecule has 0 spiro atoms. The van der Waals surface area contributed by atoms with Crippen LogP contribution in [0.5, 0.6) is 0 Å². The Morgan fingerprint density at radius 3 is 2.90 bits per heavy atom. The third-order valence-corrected chi connectivity index (χ3v) is 5.33. The average molecular weight is 272 g/mol. The zero-order valence-corrected chi connectivity index (χ0v) is 12.9. The van der Waals surface area contributed by atoms with E-state index in [1.807, 2.05) is 0 Å². The number of hydrogen-bond acceptors (Lipinski definition) is 2. The van der Waals surface area contributed by atoms with Gasteiger partial charge >= 0.3 is 0 Å². The SMILES string of the molecule is CNC1CCN(CC2CCCc3ccccc32)CC1C. The predicted octanol–water partition coefficient (Wildman–Crippen LogP) is 3.04. The van der Waals surface area contributed by atoms with E-state index in [-0.39, 0.29) is 0 Å². The molecule has 1 saturated heterocycles. The first kappa shape index (κ1) is 14.1. The first-order valence-corrected chi connectivity index (χ1v) is 8.25. The molecule has 2 aliphatic rings. The van der Waals surface area contributed by atoms with Gasteiger partial charge in [-0.15, -0.1) is 0 Å². The van der Waals surface area contributed by atoms with Gasteiger partial charge in [0.2, 0.25) is 0 Å². The third kappa shape index (κ3) is 2.91. The maximum Gasteiger partial charge on any atom is 0.0114 e. The molecule has 2 heteroatoms. The van der Waals surface area contributed by atoms with Crippen molar-refractivity contribution >= 4 is 0 Å². The Hall–Kier alpha value is -0.860. The summed E-state index contributed by atoms with van der Waals surface area (Å²) in [4.78, 5) is 2.70. The fraction of sp³-hybridized carbons (Fsp3) is 0.667. The van der Waals surface area contributed by atoms with Crippen molar-refractivity contribution in [2.75, 3.05) is 26.7 Å². The number of rotatable bonds is 3. The third-order valence-electron chi connectivity index (χ3n) is 5.33. The highest BCUT2D eigenvalue weighted by atomic mass is 15.1. The van der Waals surface area contributed by atoms with Crippen molar-refractivity contribution in [1.82, 2.24) is 10.2 Å². The molecule has 1 heterocycles. The molecule has 1 aromatic carbocycles. The van der Waals surface area contributed by atoms with Gasteiger partial charge in [-0.2, -0.15) is 0 Å². The van der Waals surface area contributed by atoms with Gasteiger partial charge in [0, 0.05) is 19.1 Å². The van der Waals surface area contributed by atoms with Crippen LogP contribution in [0.4, 0.5) is 0 Å². The molecule has 0 aromatic heterocycles. The van der Waals surface area contributed by atoms with Crippen LogP contribution in [0.15, 0.2) is 24.3 Å². The highest BCUT2D eigenvalue weighted by molar-refractivity contribution is 5.32. The van der Waals surface area contributed by atoms with Gasteiger partial charge in [0.05, 0.1) is 0 Å². The number of aryl methyl sites for hydroxylation is 1. The maximum atomic E-state index is 3.47. The fourth-order valence-corrected chi connectivity index (χ4v) is 4.18. The van der Waals surface area contributed by atoms with Crippen molar-refractivity contribution in [3.63, 3.8) is 0 Å². The summed E-state index contributed by atoms with van der Waals surface area (Å²) in [5, 5.41) is 3.47. The Bertz CT molecular complexity index is 443. The molecule has 1 aromatic rings. The minimum absolute atomic E-state index is 0.713. The quantitative estimate of drug-likeness (QED) is 0.910. The van der Waals surface area contributed by atoms with Crippen LogP contribution in [0, 0.1) is 5.92 Å². The van der Waals surface area contributed by atoms with Gasteiger partial charge in [-0.25, -0.2) is 0 Å². The predicted molar refractivity (Wildman–Crippen MR) is 85.2 cm³/mol. The standard InChI is InChI=1S/C18H28N2/c1-14-12-20(11-10-18(14)19-2)13-16-8-5-7-15-6-3-4-9-17(15)16/h3-4,6,9,14,16,18-19H,5,7-8,10-13H2,1-2H3. The van der Waals surface area contributed by atoms with Gasteiger partial charge in [-0.1, -0.05) is 31.2 Å². The lowest BCUT2D eigenvalue weighted by Gasteiger charge is -2.39. The summed E-state index contributed by atoms with van der Waals surface area (Å²) in [6, 6.07) is 9.82. The van der Waals surface area contributed by atoms with E-state index in [1.165, 1.54) is 45.3 Å². The van der Waals surface area contributed by atoms with Crippen molar-refractivity contribution < 1.29 is 0 Å². The minimum atomic E-state index is 0.713. The Balaban J connectivity index is 1.65. The van der Waals surface area contributed by atoms with E-state index in [0.29, 0.717) is 6.04 Å². The molecule has 2 nitrogen and oxygen atoms in total. The molecule has 3 rings (SSSR count). The Kier molecular flexibility index (Phi) is 4.42. The van der Waals surface area contributed by atoms with E-state index in [1.54, 1.807) is 11.1 Å². The summed E-state index contributed by atoms with van der Waals surface area (Å²) in [6.07, 6.45) is 5.32. The van der Waals surface area contributed by atoms with Crippen LogP contribution in [0.3, 0.4) is 0 Å². The van der Waals surface area contributed by atoms with Gasteiger partial charge in [-0.3, -0.25) is 0 Å². The van der Waals surface area contributed by atoms with Crippen LogP contribution in [-0.2, 0) is 6.42 Å². The molecular formula is C18H28N2. The summed E-state index contributed by atoms with van der Waals surface area (Å²) in [5.41, 5.74) is 3.23. The van der Waals surface area contributed by atoms with Gasteiger partial charge in [-0.05, 0) is 62.2 Å². The van der Waals surface area contributed by atoms with Crippen molar-refractivity contribution in [3.8, 4) is 0 Å². The molecule has 0 amide bonds. The van der Waals surface area contributed by atoms with Crippen molar-refractivity contribution in [3.05, 3.63) is 35.4 Å². The van der Waals surface area contributed by atoms with E-state index < -0.39 is 0 Å². The number of nitrogens with zero attached hydrogens (tertiary/aromatic N) is 1. The second kappa shape index (κ2) is 6.28. The lowest BCUT2D eigenvalue weighted by molar-refractivity contribution is 0.141. The summed E-state index contributed by atoms with van der Waals surface area (Å²) in [7, 11) is 2.11. The molecule has 0 bridgehead atoms. The molecule has 1 aliphatic carbocycles. The molecule has 1 aliphatic heterocycles. The lowest BCUT2D eigenvalue weighted by Crippen LogP contribution is -2.48. The van der Waals surface area contributed by atoms with Crippen LogP contribution >= 0.6 is 0 Å². The average Bonchev–Trinajstić information content (AvgIpc) is 2.48. The molecule has 0 radical (unpaired) electrons. The highest BCUT2D eigenvalue weighted by Gasteiger charge is 2.28. The van der Waals surface area contributed by atoms with E-state index >= 15 is 0 Å². The van der Waals surface area contributed by atoms with Gasteiger partial charge < -0.3 is 10.2 Å². The minimum Gasteiger partial charge on any atom is -0.317 e. The Morgan fingerprint density at radius 2 is 2.10 bits per heavy atom. The fourth-order valence-electron chi connectivity index (χ4n) is 4.18. The number of hydrogen-bond donors (Lipinski definition) is 1. The normalized spacial score (nSPS) is 31.0. The van der Waals surface area contributed by atoms with Crippen LogP contribution in [-0.4, -0.2) is 37.6 Å². The first-order chi connectivity index (χ1) is 9.78. The number of fused-ring (bicyclic) bond motifs is 1. The number of likely N-dealkylation sites (tertiary alicyclic amines) is 1. The highest BCUT2D eigenvalue weighted by Crippen LogP contribution is 2.32. The molecule has 3 atom stereocenters. The molecule has 1 fully saturated rings. The lowest BCUT2D eigenvalue weighted by atomic mass is 9.82. The monoisotopic (exact) mass is 272 g/mol. The summed E-state index contributed by atoms with van der Waals surface area (Å²) >= 11 is 0. The first-order valence-electron chi connectivity index (χ1n) is 8.25. The molecule has 0 saturated carbocycles. The number of nitrogens with one attached hydrogen (secondary N) is 1. The molecule has 20 heavy (non-hydrogen) atoms. The van der Waals surface area contributed by atoms with Crippen LogP contribution < -0.4 is 5.32 Å². The number of piperidine rings is 1. The zero-order chi connectivity index (χ0) is 13.9. The van der Waals surface area contributed by atoms with Gasteiger partial charge in [0.1, 0.15) is 0 Å². The van der Waals surface area contributed by atoms with Crippen LogP contribution in [0.25, 0.3) is 0 Å². The van der Waals surface area contributed by atoms with Crippen molar-refractivity contribution in [2.45, 2.75) is 44.6 Å². The summed E-state index contributed by atoms with van der Waals surface area (Å²) in [5.74, 6) is 1.53. The number of benzene rings is 1.